The predicted molar refractivity (Wildman–Crippen MR) is 66.5 cm³/mol. The second kappa shape index (κ2) is 6.45. The summed E-state index contributed by atoms with van der Waals surface area (Å²) < 4.78 is 101. The standard InChI is InChI=1S/C12H13F6NO2S/c1-2-3-4-19-22(20,21)10-6-8(11(13,14)15)5-9(7-10)12(16,17)18/h5-7,19H,2-4H2,1H3. The normalized spacial score (nSPS) is 13.4. The van der Waals surface area contributed by atoms with Crippen molar-refractivity contribution >= 4 is 10.0 Å². The Labute approximate surface area is 123 Å². The average Bonchev–Trinajstić information content (AvgIpc) is 2.36. The van der Waals surface area contributed by atoms with Crippen LogP contribution in [0.1, 0.15) is 30.9 Å². The fraction of sp³-hybridized carbons (Fsp3) is 0.500. The number of halogens is 6. The molecule has 0 saturated heterocycles. The highest BCUT2D eigenvalue weighted by Gasteiger charge is 2.38. The molecule has 0 aliphatic carbocycles. The van der Waals surface area contributed by atoms with Gasteiger partial charge in [0.25, 0.3) is 0 Å². The van der Waals surface area contributed by atoms with E-state index in [4.69, 9.17) is 0 Å². The zero-order valence-corrected chi connectivity index (χ0v) is 12.2. The van der Waals surface area contributed by atoms with Gasteiger partial charge in [0.1, 0.15) is 0 Å². The van der Waals surface area contributed by atoms with Gasteiger partial charge in [-0.05, 0) is 24.6 Å². The van der Waals surface area contributed by atoms with Gasteiger partial charge in [-0.15, -0.1) is 0 Å². The molecule has 0 aromatic heterocycles. The van der Waals surface area contributed by atoms with Crippen molar-refractivity contribution < 1.29 is 34.8 Å². The molecule has 0 bridgehead atoms. The van der Waals surface area contributed by atoms with Crippen LogP contribution >= 0.6 is 0 Å². The Hall–Kier alpha value is -1.29. The van der Waals surface area contributed by atoms with Crippen molar-refractivity contribution in [3.63, 3.8) is 0 Å². The first-order valence-corrected chi connectivity index (χ1v) is 7.65. The van der Waals surface area contributed by atoms with E-state index >= 15 is 0 Å². The maximum absolute atomic E-state index is 12.6. The largest absolute Gasteiger partial charge is 0.416 e. The van der Waals surface area contributed by atoms with E-state index in [1.54, 1.807) is 6.92 Å². The van der Waals surface area contributed by atoms with Crippen molar-refractivity contribution in [2.45, 2.75) is 37.0 Å². The van der Waals surface area contributed by atoms with Crippen LogP contribution in [0.2, 0.25) is 0 Å². The van der Waals surface area contributed by atoms with Gasteiger partial charge in [-0.2, -0.15) is 26.3 Å². The molecule has 22 heavy (non-hydrogen) atoms. The molecule has 1 aromatic rings. The molecule has 0 atom stereocenters. The molecule has 3 nitrogen and oxygen atoms in total. The highest BCUT2D eigenvalue weighted by atomic mass is 32.2. The summed E-state index contributed by atoms with van der Waals surface area (Å²) >= 11 is 0. The number of sulfonamides is 1. The minimum atomic E-state index is -5.09. The third kappa shape index (κ3) is 4.87. The van der Waals surface area contributed by atoms with Crippen LogP contribution in [0.5, 0.6) is 0 Å². The lowest BCUT2D eigenvalue weighted by Gasteiger charge is -2.14. The van der Waals surface area contributed by atoms with Crippen LogP contribution < -0.4 is 4.72 Å². The van der Waals surface area contributed by atoms with Crippen LogP contribution in [0.25, 0.3) is 0 Å². The Balaban J connectivity index is 3.35. The molecule has 0 unspecified atom stereocenters. The van der Waals surface area contributed by atoms with Crippen LogP contribution in [0.4, 0.5) is 26.3 Å². The molecule has 0 radical (unpaired) electrons. The Kier molecular flexibility index (Phi) is 5.50. The monoisotopic (exact) mass is 349 g/mol. The molecule has 0 spiro atoms. The number of unbranched alkanes of at least 4 members (excludes halogenated alkanes) is 1. The van der Waals surface area contributed by atoms with Gasteiger partial charge in [-0.3, -0.25) is 0 Å². The van der Waals surface area contributed by atoms with Crippen molar-refractivity contribution in [3.8, 4) is 0 Å². The van der Waals surface area contributed by atoms with Gasteiger partial charge in [0.05, 0.1) is 16.0 Å². The maximum Gasteiger partial charge on any atom is 0.416 e. The molecule has 10 heteroatoms. The van der Waals surface area contributed by atoms with Gasteiger partial charge in [-0.1, -0.05) is 13.3 Å². The zero-order valence-electron chi connectivity index (χ0n) is 11.3. The van der Waals surface area contributed by atoms with Crippen molar-refractivity contribution in [2.75, 3.05) is 6.54 Å². The number of rotatable bonds is 5. The molecular weight excluding hydrogens is 336 g/mol. The summed E-state index contributed by atoms with van der Waals surface area (Å²) in [5.74, 6) is 0. The quantitative estimate of drug-likeness (QED) is 0.649. The second-order valence-corrected chi connectivity index (χ2v) is 6.26. The minimum absolute atomic E-state index is 0.0730. The summed E-state index contributed by atoms with van der Waals surface area (Å²) in [5, 5.41) is 0. The molecule has 0 saturated carbocycles. The van der Waals surface area contributed by atoms with Crippen molar-refractivity contribution in [1.82, 2.24) is 4.72 Å². The van der Waals surface area contributed by atoms with Crippen LogP contribution in [0.3, 0.4) is 0 Å². The van der Waals surface area contributed by atoms with Crippen LogP contribution in [0.15, 0.2) is 23.1 Å². The summed E-state index contributed by atoms with van der Waals surface area (Å²) in [6.07, 6.45) is -9.16. The first-order chi connectivity index (χ1) is 9.88. The Morgan fingerprint density at radius 2 is 1.41 bits per heavy atom. The minimum Gasteiger partial charge on any atom is -0.211 e. The van der Waals surface area contributed by atoms with Crippen molar-refractivity contribution in [2.24, 2.45) is 0 Å². The molecule has 0 aliphatic heterocycles. The molecule has 1 N–H and O–H groups in total. The van der Waals surface area contributed by atoms with Gasteiger partial charge in [0.15, 0.2) is 0 Å². The molecule has 1 rings (SSSR count). The van der Waals surface area contributed by atoms with Gasteiger partial charge in [0, 0.05) is 6.54 Å². The Morgan fingerprint density at radius 1 is 0.955 bits per heavy atom. The SMILES string of the molecule is CCCCNS(=O)(=O)c1cc(C(F)(F)F)cc(C(F)(F)F)c1. The summed E-state index contributed by atoms with van der Waals surface area (Å²) in [7, 11) is -4.45. The van der Waals surface area contributed by atoms with E-state index in [0.717, 1.165) is 0 Å². The predicted octanol–water partition coefficient (Wildman–Crippen LogP) is 3.80. The van der Waals surface area contributed by atoms with Gasteiger partial charge >= 0.3 is 12.4 Å². The molecule has 126 valence electrons. The van der Waals surface area contributed by atoms with Crippen LogP contribution in [-0.2, 0) is 22.4 Å². The molecule has 1 aromatic carbocycles. The first-order valence-electron chi connectivity index (χ1n) is 6.17. The highest BCUT2D eigenvalue weighted by Crippen LogP contribution is 2.37. The van der Waals surface area contributed by atoms with E-state index in [2.05, 4.69) is 0 Å². The van der Waals surface area contributed by atoms with E-state index < -0.39 is 38.4 Å². The van der Waals surface area contributed by atoms with Crippen molar-refractivity contribution in [1.29, 1.82) is 0 Å². The lowest BCUT2D eigenvalue weighted by Crippen LogP contribution is -2.25. The number of hydrogen-bond acceptors (Lipinski definition) is 2. The fourth-order valence-corrected chi connectivity index (χ4v) is 2.69. The van der Waals surface area contributed by atoms with E-state index in [1.807, 2.05) is 4.72 Å². The van der Waals surface area contributed by atoms with Gasteiger partial charge < -0.3 is 0 Å². The van der Waals surface area contributed by atoms with E-state index in [9.17, 15) is 34.8 Å². The molecule has 0 fully saturated rings. The van der Waals surface area contributed by atoms with Crippen LogP contribution in [-0.4, -0.2) is 15.0 Å². The molecule has 0 heterocycles. The summed E-state index contributed by atoms with van der Waals surface area (Å²) in [5.41, 5.74) is -3.34. The summed E-state index contributed by atoms with van der Waals surface area (Å²) in [4.78, 5) is -1.06. The zero-order chi connectivity index (χ0) is 17.2. The second-order valence-electron chi connectivity index (χ2n) is 4.49. The number of benzene rings is 1. The number of alkyl halides is 6. The Bertz CT molecular complexity index is 589. The maximum atomic E-state index is 12.6. The summed E-state index contributed by atoms with van der Waals surface area (Å²) in [6, 6.07) is 0.248. The fourth-order valence-electron chi connectivity index (χ4n) is 1.55. The van der Waals surface area contributed by atoms with Gasteiger partial charge in [0.2, 0.25) is 10.0 Å². The van der Waals surface area contributed by atoms with Crippen LogP contribution in [0, 0.1) is 0 Å². The van der Waals surface area contributed by atoms with Crippen molar-refractivity contribution in [3.05, 3.63) is 29.3 Å². The first kappa shape index (κ1) is 18.8. The average molecular weight is 349 g/mol. The Morgan fingerprint density at radius 3 is 1.77 bits per heavy atom. The topological polar surface area (TPSA) is 46.2 Å². The lowest BCUT2D eigenvalue weighted by molar-refractivity contribution is -0.143. The molecule has 0 aliphatic rings. The highest BCUT2D eigenvalue weighted by molar-refractivity contribution is 7.89. The van der Waals surface area contributed by atoms with E-state index in [0.29, 0.717) is 12.8 Å². The van der Waals surface area contributed by atoms with E-state index in [1.165, 1.54) is 0 Å². The number of nitrogens with one attached hydrogen (secondary N) is 1. The third-order valence-electron chi connectivity index (χ3n) is 2.69. The third-order valence-corrected chi connectivity index (χ3v) is 4.13. The molecule has 0 amide bonds. The smallest absolute Gasteiger partial charge is 0.211 e. The van der Waals surface area contributed by atoms with Gasteiger partial charge in [-0.25, -0.2) is 13.1 Å². The number of hydrogen-bond donors (Lipinski definition) is 1. The lowest BCUT2D eigenvalue weighted by atomic mass is 10.1. The summed E-state index contributed by atoms with van der Waals surface area (Å²) in [6.45, 7) is 1.68. The van der Waals surface area contributed by atoms with E-state index in [-0.39, 0.29) is 24.7 Å². The molecular formula is C12H13F6NO2S.